The maximum atomic E-state index is 13.0. The van der Waals surface area contributed by atoms with E-state index >= 15 is 0 Å². The second kappa shape index (κ2) is 14.7. The summed E-state index contributed by atoms with van der Waals surface area (Å²) < 4.78 is 98.3. The van der Waals surface area contributed by atoms with Gasteiger partial charge in [0.15, 0.2) is 12.6 Å². The Balaban J connectivity index is 1.63. The number of hydrogen-bond acceptors (Lipinski definition) is 13. The second-order valence-corrected chi connectivity index (χ2v) is 19.0. The molecule has 3 aliphatic rings. The molecule has 0 saturated carbocycles. The molecule has 3 saturated heterocycles. The van der Waals surface area contributed by atoms with E-state index in [1.807, 2.05) is 0 Å². The van der Waals surface area contributed by atoms with Crippen molar-refractivity contribution in [3.63, 3.8) is 0 Å². The zero-order valence-electron chi connectivity index (χ0n) is 25.1. The molecular weight excluding hydrogens is 660 g/mol. The van der Waals surface area contributed by atoms with Gasteiger partial charge in [-0.3, -0.25) is 31.7 Å². The molecule has 3 rings (SSSR count). The number of phosphoric acid groups is 2. The lowest BCUT2D eigenvalue weighted by atomic mass is 10.1. The zero-order valence-corrected chi connectivity index (χ0v) is 28.6. The average molecular weight is 704 g/mol. The Morgan fingerprint density at radius 3 is 1.47 bits per heavy atom. The van der Waals surface area contributed by atoms with Crippen molar-refractivity contribution < 1.29 is 79.2 Å². The lowest BCUT2D eigenvalue weighted by Crippen LogP contribution is -2.31. The lowest BCUT2D eigenvalue weighted by Gasteiger charge is -2.27. The monoisotopic (exact) mass is 704 g/mol. The molecule has 0 bridgehead atoms. The van der Waals surface area contributed by atoms with Gasteiger partial charge >= 0.3 is 30.8 Å². The first-order chi connectivity index (χ1) is 19.6. The summed E-state index contributed by atoms with van der Waals surface area (Å²) >= 11 is 0. The van der Waals surface area contributed by atoms with Crippen LogP contribution >= 0.6 is 30.8 Å². The van der Waals surface area contributed by atoms with E-state index in [2.05, 4.69) is 0 Å². The fraction of sp³-hybridized carbons (Fsp3) is 1.00. The summed E-state index contributed by atoms with van der Waals surface area (Å²) in [5, 5.41) is 0. The van der Waals surface area contributed by atoms with E-state index < -0.39 is 97.5 Å². The number of phosphoric ester groups is 2. The predicted molar refractivity (Wildman–Crippen MR) is 149 cm³/mol. The van der Waals surface area contributed by atoms with Crippen molar-refractivity contribution in [2.75, 3.05) is 6.61 Å². The quantitative estimate of drug-likeness (QED) is 0.176. The Morgan fingerprint density at radius 1 is 0.605 bits per heavy atom. The molecule has 0 spiro atoms. The van der Waals surface area contributed by atoms with E-state index in [1.54, 1.807) is 20.8 Å². The number of ether oxygens (including phenoxy) is 3. The summed E-state index contributed by atoms with van der Waals surface area (Å²) in [7, 11) is -18.0. The van der Waals surface area contributed by atoms with Crippen LogP contribution in [0.5, 0.6) is 0 Å². The third kappa shape index (κ3) is 11.0. The molecule has 17 nitrogen and oxygen atoms in total. The van der Waals surface area contributed by atoms with Gasteiger partial charge in [0.1, 0.15) is 24.4 Å². The molecule has 21 heteroatoms. The molecule has 43 heavy (non-hydrogen) atoms. The van der Waals surface area contributed by atoms with Crippen molar-refractivity contribution in [1.82, 2.24) is 0 Å². The van der Waals surface area contributed by atoms with Crippen molar-refractivity contribution in [3.8, 4) is 0 Å². The number of hydrogen-bond donors (Lipinski definition) is 4. The van der Waals surface area contributed by atoms with Crippen LogP contribution in [0, 0.1) is 0 Å². The molecule has 13 atom stereocenters. The SMILES string of the molecule is CC(C)P(=O)(O)OC[C@H]1O[C@@H](C)C[C@@H]1OP(=O)(O)O[C@H]1O[C@@H](C)C[C@@H]1OP(=O)(O)O[C@H]1O[C@@H](C)CC1OP(=O)(O)C(C)C. The molecule has 4 N–H and O–H groups in total. The van der Waals surface area contributed by atoms with Crippen LogP contribution in [0.15, 0.2) is 0 Å². The summed E-state index contributed by atoms with van der Waals surface area (Å²) in [6.07, 6.45) is -9.11. The van der Waals surface area contributed by atoms with Crippen LogP contribution in [-0.2, 0) is 59.6 Å². The number of rotatable bonds is 15. The molecule has 0 aliphatic carbocycles. The highest BCUT2D eigenvalue weighted by Gasteiger charge is 2.49. The first kappa shape index (κ1) is 37.9. The van der Waals surface area contributed by atoms with Crippen LogP contribution in [0.4, 0.5) is 0 Å². The van der Waals surface area contributed by atoms with Gasteiger partial charge in [0.05, 0.1) is 36.2 Å². The van der Waals surface area contributed by atoms with Crippen LogP contribution in [0.1, 0.15) is 67.7 Å². The van der Waals surface area contributed by atoms with Gasteiger partial charge in [0.25, 0.3) is 0 Å². The minimum Gasteiger partial charge on any atom is -0.370 e. The summed E-state index contributed by atoms with van der Waals surface area (Å²) in [5.41, 5.74) is -1.42. The minimum absolute atomic E-state index is 0.0410. The standard InChI is InChI=1S/C22H44O17P4/c1-12(2)40(23,24)31-11-20-17(8-14(5)32-20)36-42(27,28)39-22-19(10-16(7)34-22)37-43(29,30)38-21-18(9-15(6)33-21)35-41(25,26)13(3)4/h12-22H,8-11H2,1-7H3,(H,23,24)(H,25,26)(H,27,28)(H,29,30)/t14-,15-,16-,17-,18?,19-,20+,21+,22+/m0/s1. The molecule has 0 radical (unpaired) electrons. The Labute approximate surface area is 251 Å². The van der Waals surface area contributed by atoms with Gasteiger partial charge in [0, 0.05) is 19.3 Å². The smallest absolute Gasteiger partial charge is 0.370 e. The van der Waals surface area contributed by atoms with Crippen LogP contribution < -0.4 is 0 Å². The van der Waals surface area contributed by atoms with E-state index in [4.69, 9.17) is 41.4 Å². The molecule has 3 aliphatic heterocycles. The van der Waals surface area contributed by atoms with Crippen LogP contribution in [0.25, 0.3) is 0 Å². The molecule has 0 aromatic rings. The molecule has 3 fully saturated rings. The summed E-state index contributed by atoms with van der Waals surface area (Å²) in [6, 6.07) is 0. The van der Waals surface area contributed by atoms with E-state index in [0.29, 0.717) is 0 Å². The van der Waals surface area contributed by atoms with Gasteiger partial charge < -0.3 is 38.3 Å². The molecular formula is C22H44O17P4. The van der Waals surface area contributed by atoms with Crippen molar-refractivity contribution >= 4 is 30.8 Å². The van der Waals surface area contributed by atoms with Crippen LogP contribution in [0.2, 0.25) is 0 Å². The molecule has 0 aromatic carbocycles. The topological polar surface area (TPSA) is 232 Å². The lowest BCUT2D eigenvalue weighted by molar-refractivity contribution is -0.138. The van der Waals surface area contributed by atoms with Gasteiger partial charge in [-0.2, -0.15) is 0 Å². The predicted octanol–water partition coefficient (Wildman–Crippen LogP) is 4.03. The highest BCUT2D eigenvalue weighted by Crippen LogP contribution is 2.56. The van der Waals surface area contributed by atoms with Gasteiger partial charge in [0.2, 0.25) is 0 Å². The molecule has 3 heterocycles. The third-order valence-electron chi connectivity index (χ3n) is 6.88. The Hall–Kier alpha value is 0.400. The summed E-state index contributed by atoms with van der Waals surface area (Å²) in [6.45, 7) is 10.5. The third-order valence-corrected chi connectivity index (χ3v) is 12.6. The zero-order chi connectivity index (χ0) is 32.5. The van der Waals surface area contributed by atoms with Gasteiger partial charge in [-0.25, -0.2) is 9.13 Å². The molecule has 5 unspecified atom stereocenters. The van der Waals surface area contributed by atoms with Crippen LogP contribution in [-0.4, -0.2) is 92.8 Å². The van der Waals surface area contributed by atoms with Gasteiger partial charge in [-0.05, 0) is 20.8 Å². The molecule has 0 amide bonds. The summed E-state index contributed by atoms with van der Waals surface area (Å²) in [5.74, 6) is 0. The van der Waals surface area contributed by atoms with E-state index in [9.17, 15) is 37.8 Å². The maximum absolute atomic E-state index is 13.0. The van der Waals surface area contributed by atoms with E-state index in [0.717, 1.165) is 0 Å². The fourth-order valence-corrected chi connectivity index (χ4v) is 8.03. The van der Waals surface area contributed by atoms with Crippen molar-refractivity contribution in [1.29, 1.82) is 0 Å². The van der Waals surface area contributed by atoms with Crippen molar-refractivity contribution in [2.45, 2.75) is 134 Å². The van der Waals surface area contributed by atoms with E-state index in [1.165, 1.54) is 27.7 Å². The Kier molecular flexibility index (Phi) is 12.9. The molecule has 254 valence electrons. The molecule has 0 aromatic heterocycles. The normalized spacial score (nSPS) is 39.0. The first-order valence-electron chi connectivity index (χ1n) is 13.9. The highest BCUT2D eigenvalue weighted by molar-refractivity contribution is 7.53. The van der Waals surface area contributed by atoms with Crippen molar-refractivity contribution in [3.05, 3.63) is 0 Å². The fourth-order valence-electron chi connectivity index (χ4n) is 4.47. The highest BCUT2D eigenvalue weighted by atomic mass is 31.2. The summed E-state index contributed by atoms with van der Waals surface area (Å²) in [4.78, 5) is 41.1. The Morgan fingerprint density at radius 2 is 1.00 bits per heavy atom. The first-order valence-corrected chi connectivity index (χ1v) is 20.2. The van der Waals surface area contributed by atoms with Gasteiger partial charge in [-0.15, -0.1) is 0 Å². The van der Waals surface area contributed by atoms with Gasteiger partial charge in [-0.1, -0.05) is 27.7 Å². The second-order valence-electron chi connectivity index (χ2n) is 11.5. The van der Waals surface area contributed by atoms with E-state index in [-0.39, 0.29) is 25.9 Å². The largest absolute Gasteiger partial charge is 0.475 e. The maximum Gasteiger partial charge on any atom is 0.475 e. The minimum atomic E-state index is -4.99. The van der Waals surface area contributed by atoms with Crippen molar-refractivity contribution in [2.24, 2.45) is 0 Å². The van der Waals surface area contributed by atoms with Crippen LogP contribution in [0.3, 0.4) is 0 Å². The average Bonchev–Trinajstić information content (AvgIpc) is 3.46. The Bertz CT molecular complexity index is 1140.